The fourth-order valence-corrected chi connectivity index (χ4v) is 1.83. The molecule has 17 heavy (non-hydrogen) atoms. The molecule has 2 N–H and O–H groups in total. The van der Waals surface area contributed by atoms with Crippen molar-refractivity contribution in [1.82, 2.24) is 24.9 Å². The molecule has 5 heteroatoms. The molecular formula is C12H13N5. The van der Waals surface area contributed by atoms with Gasteiger partial charge in [0.1, 0.15) is 5.69 Å². The number of imidazole rings is 1. The van der Waals surface area contributed by atoms with Gasteiger partial charge in [0, 0.05) is 12.7 Å². The quantitative estimate of drug-likeness (QED) is 0.712. The van der Waals surface area contributed by atoms with Gasteiger partial charge >= 0.3 is 0 Å². The number of H-pyrrole nitrogens is 1. The molecule has 5 nitrogen and oxygen atoms in total. The van der Waals surface area contributed by atoms with Crippen LogP contribution in [0.2, 0.25) is 0 Å². The minimum atomic E-state index is 0.751. The Kier molecular flexibility index (Phi) is 2.38. The highest BCUT2D eigenvalue weighted by atomic mass is 15.3. The second-order valence-electron chi connectivity index (χ2n) is 3.87. The summed E-state index contributed by atoms with van der Waals surface area (Å²) in [6.07, 6.45) is 3.83. The van der Waals surface area contributed by atoms with Crippen LogP contribution < -0.4 is 5.32 Å². The lowest BCUT2D eigenvalue weighted by molar-refractivity contribution is 0.796. The molecule has 0 aliphatic rings. The number of aromatic nitrogens is 4. The first-order valence-corrected chi connectivity index (χ1v) is 5.50. The lowest BCUT2D eigenvalue weighted by Crippen LogP contribution is -2.04. The van der Waals surface area contributed by atoms with Crippen molar-refractivity contribution in [3.05, 3.63) is 42.4 Å². The highest BCUT2D eigenvalue weighted by Crippen LogP contribution is 2.14. The molecule has 3 aromatic heterocycles. The first-order chi connectivity index (χ1) is 8.36. The molecule has 0 saturated heterocycles. The first kappa shape index (κ1) is 10.0. The molecule has 0 aliphatic carbocycles. The van der Waals surface area contributed by atoms with Crippen LogP contribution in [0.25, 0.3) is 17.0 Å². The Bertz CT molecular complexity index is 623. The summed E-state index contributed by atoms with van der Waals surface area (Å²) in [5, 5.41) is 7.59. The van der Waals surface area contributed by atoms with Gasteiger partial charge in [-0.1, -0.05) is 0 Å². The van der Waals surface area contributed by atoms with E-state index in [1.54, 1.807) is 0 Å². The topological polar surface area (TPSA) is 58.0 Å². The molecular weight excluding hydrogens is 214 g/mol. The van der Waals surface area contributed by atoms with Gasteiger partial charge in [-0.15, -0.1) is 0 Å². The predicted molar refractivity (Wildman–Crippen MR) is 65.5 cm³/mol. The third-order valence-corrected chi connectivity index (χ3v) is 2.60. The van der Waals surface area contributed by atoms with Gasteiger partial charge in [-0.2, -0.15) is 5.10 Å². The average molecular weight is 227 g/mol. The number of nitrogens with one attached hydrogen (secondary N) is 2. The van der Waals surface area contributed by atoms with E-state index < -0.39 is 0 Å². The van der Waals surface area contributed by atoms with E-state index in [2.05, 4.69) is 20.4 Å². The summed E-state index contributed by atoms with van der Waals surface area (Å²) in [6.45, 7) is 0.751. The average Bonchev–Trinajstić information content (AvgIpc) is 2.96. The number of aromatic amines is 1. The van der Waals surface area contributed by atoms with E-state index in [1.807, 2.05) is 48.2 Å². The summed E-state index contributed by atoms with van der Waals surface area (Å²) >= 11 is 0. The normalized spacial score (nSPS) is 11.1. The van der Waals surface area contributed by atoms with Crippen molar-refractivity contribution in [2.75, 3.05) is 7.05 Å². The van der Waals surface area contributed by atoms with Crippen molar-refractivity contribution in [2.45, 2.75) is 6.54 Å². The van der Waals surface area contributed by atoms with Gasteiger partial charge in [-0.05, 0) is 31.3 Å². The van der Waals surface area contributed by atoms with E-state index in [-0.39, 0.29) is 0 Å². The Morgan fingerprint density at radius 3 is 3.06 bits per heavy atom. The van der Waals surface area contributed by atoms with E-state index >= 15 is 0 Å². The largest absolute Gasteiger partial charge is 0.360 e. The van der Waals surface area contributed by atoms with Crippen LogP contribution in [-0.2, 0) is 6.54 Å². The molecule has 0 spiro atoms. The van der Waals surface area contributed by atoms with Crippen LogP contribution in [0.1, 0.15) is 5.69 Å². The molecule has 0 saturated carbocycles. The second-order valence-corrected chi connectivity index (χ2v) is 3.87. The van der Waals surface area contributed by atoms with Crippen molar-refractivity contribution in [1.29, 1.82) is 0 Å². The number of rotatable bonds is 3. The maximum atomic E-state index is 4.52. The van der Waals surface area contributed by atoms with Crippen LogP contribution in [0.5, 0.6) is 0 Å². The van der Waals surface area contributed by atoms with Crippen molar-refractivity contribution < 1.29 is 0 Å². The predicted octanol–water partition coefficient (Wildman–Crippen LogP) is 1.44. The van der Waals surface area contributed by atoms with Crippen molar-refractivity contribution in [3.63, 3.8) is 0 Å². The summed E-state index contributed by atoms with van der Waals surface area (Å²) in [5.74, 6) is 0. The summed E-state index contributed by atoms with van der Waals surface area (Å²) in [4.78, 5) is 7.59. The number of hydrogen-bond donors (Lipinski definition) is 2. The highest BCUT2D eigenvalue weighted by Gasteiger charge is 2.04. The molecule has 0 aromatic carbocycles. The van der Waals surface area contributed by atoms with Crippen LogP contribution in [-0.4, -0.2) is 26.6 Å². The highest BCUT2D eigenvalue weighted by molar-refractivity contribution is 5.56. The molecule has 3 rings (SSSR count). The van der Waals surface area contributed by atoms with Crippen molar-refractivity contribution in [3.8, 4) is 11.4 Å². The molecule has 0 amide bonds. The van der Waals surface area contributed by atoms with Gasteiger partial charge in [0.25, 0.3) is 0 Å². The zero-order valence-electron chi connectivity index (χ0n) is 9.51. The van der Waals surface area contributed by atoms with E-state index in [4.69, 9.17) is 0 Å². The van der Waals surface area contributed by atoms with E-state index in [9.17, 15) is 0 Å². The van der Waals surface area contributed by atoms with E-state index in [0.29, 0.717) is 0 Å². The third-order valence-electron chi connectivity index (χ3n) is 2.60. The summed E-state index contributed by atoms with van der Waals surface area (Å²) in [7, 11) is 1.90. The maximum Gasteiger partial charge on any atom is 0.153 e. The Labute approximate surface area is 98.5 Å². The summed E-state index contributed by atoms with van der Waals surface area (Å²) in [5.41, 5.74) is 3.78. The van der Waals surface area contributed by atoms with Gasteiger partial charge in [-0.3, -0.25) is 0 Å². The lowest BCUT2D eigenvalue weighted by Gasteiger charge is -1.97. The van der Waals surface area contributed by atoms with E-state index in [0.717, 1.165) is 29.3 Å². The number of hydrogen-bond acceptors (Lipinski definition) is 3. The Balaban J connectivity index is 2.06. The Morgan fingerprint density at radius 2 is 2.29 bits per heavy atom. The molecule has 3 aromatic rings. The molecule has 0 unspecified atom stereocenters. The second kappa shape index (κ2) is 4.03. The summed E-state index contributed by atoms with van der Waals surface area (Å²) in [6, 6.07) is 7.90. The van der Waals surface area contributed by atoms with Gasteiger partial charge in [-0.25, -0.2) is 9.50 Å². The first-order valence-electron chi connectivity index (χ1n) is 5.50. The molecule has 0 atom stereocenters. The standard InChI is InChI=1S/C12H13N5/c1-13-7-9-8-17-12(15-9)5-4-11(16-17)10-3-2-6-14-10/h2-6,8,13-14H,7H2,1H3. The van der Waals surface area contributed by atoms with Crippen molar-refractivity contribution in [2.24, 2.45) is 0 Å². The van der Waals surface area contributed by atoms with Crippen LogP contribution >= 0.6 is 0 Å². The van der Waals surface area contributed by atoms with Gasteiger partial charge in [0.2, 0.25) is 0 Å². The fraction of sp³-hybridized carbons (Fsp3) is 0.167. The summed E-state index contributed by atoms with van der Waals surface area (Å²) < 4.78 is 1.81. The molecule has 0 fully saturated rings. The SMILES string of the molecule is CNCc1cn2nc(-c3ccc[nH]3)ccc2n1. The zero-order chi connectivity index (χ0) is 11.7. The molecule has 0 bridgehead atoms. The number of nitrogens with zero attached hydrogens (tertiary/aromatic N) is 3. The van der Waals surface area contributed by atoms with Crippen LogP contribution in [0.4, 0.5) is 0 Å². The fourth-order valence-electron chi connectivity index (χ4n) is 1.83. The van der Waals surface area contributed by atoms with Crippen molar-refractivity contribution >= 4 is 5.65 Å². The zero-order valence-corrected chi connectivity index (χ0v) is 9.51. The lowest BCUT2D eigenvalue weighted by atomic mass is 10.3. The van der Waals surface area contributed by atoms with Gasteiger partial charge in [0.05, 0.1) is 17.6 Å². The molecule has 3 heterocycles. The Hall–Kier alpha value is -2.14. The van der Waals surface area contributed by atoms with Crippen LogP contribution in [0, 0.1) is 0 Å². The maximum absolute atomic E-state index is 4.52. The van der Waals surface area contributed by atoms with Gasteiger partial charge < -0.3 is 10.3 Å². The van der Waals surface area contributed by atoms with Gasteiger partial charge in [0.15, 0.2) is 5.65 Å². The molecule has 0 radical (unpaired) electrons. The monoisotopic (exact) mass is 227 g/mol. The molecule has 86 valence electrons. The minimum absolute atomic E-state index is 0.751. The van der Waals surface area contributed by atoms with E-state index in [1.165, 1.54) is 0 Å². The number of fused-ring (bicyclic) bond motifs is 1. The third kappa shape index (κ3) is 1.81. The smallest absolute Gasteiger partial charge is 0.153 e. The van der Waals surface area contributed by atoms with Crippen LogP contribution in [0.15, 0.2) is 36.7 Å². The molecule has 0 aliphatic heterocycles. The Morgan fingerprint density at radius 1 is 1.35 bits per heavy atom. The van der Waals surface area contributed by atoms with Crippen LogP contribution in [0.3, 0.4) is 0 Å². The minimum Gasteiger partial charge on any atom is -0.360 e.